The van der Waals surface area contributed by atoms with Crippen LogP contribution in [0.4, 0.5) is 13.2 Å². The van der Waals surface area contributed by atoms with Crippen molar-refractivity contribution in [2.24, 2.45) is 0 Å². The SMILES string of the molecule is Cc1ccc(OS(=O)(=O)C(F)(F)F)c2c1C(=O)N(C)C2. The molecule has 9 heteroatoms. The molecule has 1 amide bonds. The largest absolute Gasteiger partial charge is 0.534 e. The van der Waals surface area contributed by atoms with E-state index in [1.165, 1.54) is 18.0 Å². The molecule has 1 heterocycles. The Balaban J connectivity index is 2.51. The van der Waals surface area contributed by atoms with Crippen LogP contribution in [-0.4, -0.2) is 31.8 Å². The molecule has 1 aliphatic rings. The van der Waals surface area contributed by atoms with E-state index in [9.17, 15) is 26.4 Å². The topological polar surface area (TPSA) is 63.7 Å². The predicted octanol–water partition coefficient (Wildman–Crippen LogP) is 1.81. The van der Waals surface area contributed by atoms with Crippen LogP contribution in [0.25, 0.3) is 0 Å². The van der Waals surface area contributed by atoms with Crippen molar-refractivity contribution in [2.45, 2.75) is 19.0 Å². The van der Waals surface area contributed by atoms with Gasteiger partial charge >= 0.3 is 15.6 Å². The van der Waals surface area contributed by atoms with Gasteiger partial charge in [0, 0.05) is 12.6 Å². The zero-order valence-corrected chi connectivity index (χ0v) is 11.3. The first-order chi connectivity index (χ1) is 9.04. The maximum absolute atomic E-state index is 12.3. The fraction of sp³-hybridized carbons (Fsp3) is 0.364. The summed E-state index contributed by atoms with van der Waals surface area (Å²) in [6, 6.07) is 2.46. The van der Waals surface area contributed by atoms with Crippen LogP contribution in [0.15, 0.2) is 12.1 Å². The molecule has 0 unspecified atom stereocenters. The first kappa shape index (κ1) is 14.6. The van der Waals surface area contributed by atoms with E-state index in [0.29, 0.717) is 5.56 Å². The molecule has 0 bridgehead atoms. The number of rotatable bonds is 2. The summed E-state index contributed by atoms with van der Waals surface area (Å²) in [4.78, 5) is 13.1. The van der Waals surface area contributed by atoms with Crippen LogP contribution in [-0.2, 0) is 16.7 Å². The Hall–Kier alpha value is -1.77. The lowest BCUT2D eigenvalue weighted by atomic mass is 10.0. The average Bonchev–Trinajstić information content (AvgIpc) is 2.59. The number of alkyl halides is 3. The summed E-state index contributed by atoms with van der Waals surface area (Å²) in [5.41, 5.74) is -4.64. The van der Waals surface area contributed by atoms with Gasteiger partial charge in [0.1, 0.15) is 5.75 Å². The third-order valence-corrected chi connectivity index (χ3v) is 3.88. The average molecular weight is 309 g/mol. The molecule has 2 rings (SSSR count). The number of carbonyl (C=O) groups excluding carboxylic acids is 1. The van der Waals surface area contributed by atoms with Crippen LogP contribution >= 0.6 is 0 Å². The van der Waals surface area contributed by atoms with Crippen LogP contribution in [0.5, 0.6) is 5.75 Å². The van der Waals surface area contributed by atoms with Gasteiger partial charge in [0.25, 0.3) is 5.91 Å². The first-order valence-corrected chi connectivity index (χ1v) is 6.84. The van der Waals surface area contributed by atoms with Crippen LogP contribution in [0, 0.1) is 6.92 Å². The summed E-state index contributed by atoms with van der Waals surface area (Å²) in [5.74, 6) is -0.854. The zero-order valence-electron chi connectivity index (χ0n) is 10.5. The van der Waals surface area contributed by atoms with Gasteiger partial charge in [0.05, 0.1) is 12.1 Å². The normalized spacial score (nSPS) is 15.4. The molecule has 0 spiro atoms. The van der Waals surface area contributed by atoms with Gasteiger partial charge in [-0.2, -0.15) is 21.6 Å². The highest BCUT2D eigenvalue weighted by molar-refractivity contribution is 7.88. The lowest BCUT2D eigenvalue weighted by Gasteiger charge is -2.12. The lowest BCUT2D eigenvalue weighted by molar-refractivity contribution is -0.0500. The summed E-state index contributed by atoms with van der Waals surface area (Å²) in [6.07, 6.45) is 0. The number of carbonyl (C=O) groups is 1. The first-order valence-electron chi connectivity index (χ1n) is 5.43. The Kier molecular flexibility index (Phi) is 3.20. The number of hydrogen-bond acceptors (Lipinski definition) is 4. The van der Waals surface area contributed by atoms with Gasteiger partial charge < -0.3 is 9.08 Å². The fourth-order valence-corrected chi connectivity index (χ4v) is 2.43. The molecular formula is C11H10F3NO4S. The van der Waals surface area contributed by atoms with Crippen molar-refractivity contribution in [3.05, 3.63) is 28.8 Å². The molecule has 5 nitrogen and oxygen atoms in total. The highest BCUT2D eigenvalue weighted by Gasteiger charge is 2.49. The maximum atomic E-state index is 12.3. The molecule has 20 heavy (non-hydrogen) atoms. The number of fused-ring (bicyclic) bond motifs is 1. The van der Waals surface area contributed by atoms with Crippen molar-refractivity contribution < 1.29 is 30.6 Å². The van der Waals surface area contributed by atoms with Crippen LogP contribution in [0.2, 0.25) is 0 Å². The Labute approximate surface area is 113 Å². The Bertz CT molecular complexity index is 682. The smallest absolute Gasteiger partial charge is 0.376 e. The molecular weight excluding hydrogens is 299 g/mol. The van der Waals surface area contributed by atoms with E-state index in [1.807, 2.05) is 0 Å². The van der Waals surface area contributed by atoms with Crippen molar-refractivity contribution in [3.63, 3.8) is 0 Å². The minimum absolute atomic E-state index is 0.00143. The van der Waals surface area contributed by atoms with Crippen molar-refractivity contribution >= 4 is 16.0 Å². The fourth-order valence-electron chi connectivity index (χ4n) is 1.94. The molecule has 110 valence electrons. The Morgan fingerprint density at radius 3 is 2.45 bits per heavy atom. The van der Waals surface area contributed by atoms with Gasteiger partial charge in [-0.25, -0.2) is 0 Å². The van der Waals surface area contributed by atoms with Gasteiger partial charge in [-0.1, -0.05) is 6.07 Å². The third-order valence-electron chi connectivity index (χ3n) is 2.92. The lowest BCUT2D eigenvalue weighted by Crippen LogP contribution is -2.28. The highest BCUT2D eigenvalue weighted by atomic mass is 32.2. The standard InChI is InChI=1S/C11H10F3NO4S/c1-6-3-4-8(19-20(17,18)11(12,13)14)7-5-15(2)10(16)9(6)7/h3-4H,5H2,1-2H3. The molecule has 1 aliphatic heterocycles. The van der Waals surface area contributed by atoms with E-state index >= 15 is 0 Å². The summed E-state index contributed by atoms with van der Waals surface area (Å²) in [6.45, 7) is 1.61. The van der Waals surface area contributed by atoms with Gasteiger partial charge in [-0.3, -0.25) is 4.79 Å². The molecule has 0 radical (unpaired) electrons. The summed E-state index contributed by atoms with van der Waals surface area (Å²) < 4.78 is 63.1. The maximum Gasteiger partial charge on any atom is 0.534 e. The number of halogens is 3. The quantitative estimate of drug-likeness (QED) is 0.617. The molecule has 0 N–H and O–H groups in total. The molecule has 1 aromatic rings. The van der Waals surface area contributed by atoms with Crippen molar-refractivity contribution in [1.82, 2.24) is 4.90 Å². The Morgan fingerprint density at radius 2 is 1.90 bits per heavy atom. The van der Waals surface area contributed by atoms with Gasteiger partial charge in [0.15, 0.2) is 0 Å². The monoisotopic (exact) mass is 309 g/mol. The van der Waals surface area contributed by atoms with Crippen LogP contribution < -0.4 is 4.18 Å². The van der Waals surface area contributed by atoms with E-state index in [-0.39, 0.29) is 23.6 Å². The van der Waals surface area contributed by atoms with E-state index < -0.39 is 21.4 Å². The van der Waals surface area contributed by atoms with Crippen LogP contribution in [0.1, 0.15) is 21.5 Å². The molecule has 0 aliphatic carbocycles. The molecule has 0 saturated heterocycles. The van der Waals surface area contributed by atoms with E-state index in [1.54, 1.807) is 6.92 Å². The van der Waals surface area contributed by atoms with E-state index in [0.717, 1.165) is 6.07 Å². The number of hydrogen-bond donors (Lipinski definition) is 0. The molecule has 0 aromatic heterocycles. The minimum Gasteiger partial charge on any atom is -0.376 e. The third kappa shape index (κ3) is 2.21. The second-order valence-electron chi connectivity index (χ2n) is 4.38. The second-order valence-corrected chi connectivity index (χ2v) is 5.92. The van der Waals surface area contributed by atoms with Gasteiger partial charge in [-0.15, -0.1) is 0 Å². The van der Waals surface area contributed by atoms with Crippen molar-refractivity contribution in [1.29, 1.82) is 0 Å². The van der Waals surface area contributed by atoms with Gasteiger partial charge in [-0.05, 0) is 18.6 Å². The summed E-state index contributed by atoms with van der Waals surface area (Å²) in [7, 11) is -4.29. The predicted molar refractivity (Wildman–Crippen MR) is 62.6 cm³/mol. The van der Waals surface area contributed by atoms with Gasteiger partial charge in [0.2, 0.25) is 0 Å². The molecule has 0 atom stereocenters. The summed E-state index contributed by atoms with van der Waals surface area (Å²) >= 11 is 0. The number of benzene rings is 1. The van der Waals surface area contributed by atoms with Crippen molar-refractivity contribution in [3.8, 4) is 5.75 Å². The van der Waals surface area contributed by atoms with Crippen LogP contribution in [0.3, 0.4) is 0 Å². The molecule has 0 fully saturated rings. The second kappa shape index (κ2) is 4.37. The molecule has 0 saturated carbocycles. The number of nitrogens with zero attached hydrogens (tertiary/aromatic N) is 1. The van der Waals surface area contributed by atoms with E-state index in [4.69, 9.17) is 0 Å². The summed E-state index contributed by atoms with van der Waals surface area (Å²) in [5, 5.41) is 0. The highest BCUT2D eigenvalue weighted by Crippen LogP contribution is 2.35. The zero-order chi connectivity index (χ0) is 15.3. The Morgan fingerprint density at radius 1 is 1.30 bits per heavy atom. The minimum atomic E-state index is -5.75. The number of aryl methyl sites for hydroxylation is 1. The van der Waals surface area contributed by atoms with Crippen molar-refractivity contribution in [2.75, 3.05) is 7.05 Å². The van der Waals surface area contributed by atoms with E-state index in [2.05, 4.69) is 4.18 Å². The molecule has 1 aromatic carbocycles. The number of amides is 1.